The van der Waals surface area contributed by atoms with Gasteiger partial charge in [0.05, 0.1) is 6.61 Å². The largest absolute Gasteiger partial charge is 0.383 e. The van der Waals surface area contributed by atoms with Gasteiger partial charge in [-0.05, 0) is 0 Å². The Balaban J connectivity index is 2.31. The van der Waals surface area contributed by atoms with E-state index in [2.05, 4.69) is 4.90 Å². The second-order valence-corrected chi connectivity index (χ2v) is 5.69. The molecule has 0 spiro atoms. The van der Waals surface area contributed by atoms with Crippen molar-refractivity contribution in [1.82, 2.24) is 9.21 Å². The van der Waals surface area contributed by atoms with Crippen molar-refractivity contribution < 1.29 is 8.95 Å². The van der Waals surface area contributed by atoms with Gasteiger partial charge in [0.25, 0.3) is 0 Å². The van der Waals surface area contributed by atoms with Gasteiger partial charge >= 0.3 is 0 Å². The predicted molar refractivity (Wildman–Crippen MR) is 56.7 cm³/mol. The SMILES string of the molecule is COCCN1CCN(S(C)(=N)=O)CC1. The van der Waals surface area contributed by atoms with E-state index in [1.807, 2.05) is 0 Å². The maximum absolute atomic E-state index is 11.4. The number of methoxy groups -OCH3 is 1. The zero-order valence-corrected chi connectivity index (χ0v) is 9.68. The van der Waals surface area contributed by atoms with Crippen molar-refractivity contribution in [2.45, 2.75) is 0 Å². The van der Waals surface area contributed by atoms with Gasteiger partial charge in [-0.2, -0.15) is 0 Å². The van der Waals surface area contributed by atoms with E-state index >= 15 is 0 Å². The Labute approximate surface area is 86.1 Å². The Morgan fingerprint density at radius 2 is 1.93 bits per heavy atom. The number of piperazine rings is 1. The van der Waals surface area contributed by atoms with E-state index in [4.69, 9.17) is 9.52 Å². The molecule has 84 valence electrons. The lowest BCUT2D eigenvalue weighted by Crippen LogP contribution is -2.48. The molecule has 1 N–H and O–H groups in total. The van der Waals surface area contributed by atoms with Crippen LogP contribution in [0.15, 0.2) is 0 Å². The van der Waals surface area contributed by atoms with E-state index in [0.717, 1.165) is 39.3 Å². The molecule has 0 bridgehead atoms. The molecule has 14 heavy (non-hydrogen) atoms. The standard InChI is InChI=1S/C8H19N3O2S/c1-13-8-7-10-3-5-11(6-4-10)14(2,9)12/h9H,3-8H2,1-2H3. The van der Waals surface area contributed by atoms with Crippen molar-refractivity contribution in [2.75, 3.05) is 52.7 Å². The van der Waals surface area contributed by atoms with E-state index in [1.54, 1.807) is 11.4 Å². The molecule has 0 aromatic carbocycles. The van der Waals surface area contributed by atoms with Gasteiger partial charge in [-0.3, -0.25) is 4.90 Å². The summed E-state index contributed by atoms with van der Waals surface area (Å²) in [6, 6.07) is 0. The molecular weight excluding hydrogens is 202 g/mol. The molecule has 1 aliphatic heterocycles. The molecule has 0 saturated carbocycles. The molecule has 1 fully saturated rings. The van der Waals surface area contributed by atoms with E-state index < -0.39 is 9.92 Å². The highest BCUT2D eigenvalue weighted by molar-refractivity contribution is 7.89. The summed E-state index contributed by atoms with van der Waals surface area (Å²) in [6.07, 6.45) is 1.48. The summed E-state index contributed by atoms with van der Waals surface area (Å²) in [5.74, 6) is 0. The predicted octanol–water partition coefficient (Wildman–Crippen LogP) is -0.158. The maximum atomic E-state index is 11.4. The monoisotopic (exact) mass is 221 g/mol. The fourth-order valence-corrected chi connectivity index (χ4v) is 2.38. The first-order chi connectivity index (χ1) is 6.54. The second-order valence-electron chi connectivity index (χ2n) is 3.57. The number of rotatable bonds is 4. The highest BCUT2D eigenvalue weighted by atomic mass is 32.2. The van der Waals surface area contributed by atoms with Crippen molar-refractivity contribution in [3.05, 3.63) is 0 Å². The molecule has 1 heterocycles. The normalized spacial score (nSPS) is 24.7. The quantitative estimate of drug-likeness (QED) is 0.718. The van der Waals surface area contributed by atoms with Crippen molar-refractivity contribution >= 4 is 9.92 Å². The number of ether oxygens (including phenoxy) is 1. The Bertz CT molecular complexity index is 258. The van der Waals surface area contributed by atoms with Crippen LogP contribution in [0.1, 0.15) is 0 Å². The van der Waals surface area contributed by atoms with Crippen LogP contribution >= 0.6 is 0 Å². The highest BCUT2D eigenvalue weighted by Gasteiger charge is 2.20. The summed E-state index contributed by atoms with van der Waals surface area (Å²) >= 11 is 0. The lowest BCUT2D eigenvalue weighted by molar-refractivity contribution is 0.124. The van der Waals surface area contributed by atoms with Crippen molar-refractivity contribution in [3.8, 4) is 0 Å². The topological polar surface area (TPSA) is 56.6 Å². The van der Waals surface area contributed by atoms with E-state index in [-0.39, 0.29) is 0 Å². The second kappa shape index (κ2) is 5.06. The van der Waals surface area contributed by atoms with Crippen LogP contribution in [0.3, 0.4) is 0 Å². The van der Waals surface area contributed by atoms with Gasteiger partial charge in [-0.15, -0.1) is 0 Å². The lowest BCUT2D eigenvalue weighted by Gasteiger charge is -2.34. The molecule has 0 aromatic rings. The summed E-state index contributed by atoms with van der Waals surface area (Å²) in [5.41, 5.74) is 0. The van der Waals surface area contributed by atoms with Crippen molar-refractivity contribution in [2.24, 2.45) is 0 Å². The molecule has 0 aliphatic carbocycles. The summed E-state index contributed by atoms with van der Waals surface area (Å²) < 4.78 is 25.6. The first kappa shape index (κ1) is 11.9. The summed E-state index contributed by atoms with van der Waals surface area (Å²) in [4.78, 5) is 2.27. The van der Waals surface area contributed by atoms with Crippen LogP contribution in [0.2, 0.25) is 0 Å². The van der Waals surface area contributed by atoms with E-state index in [0.29, 0.717) is 0 Å². The molecule has 1 atom stereocenters. The zero-order chi connectivity index (χ0) is 10.6. The van der Waals surface area contributed by atoms with Gasteiger partial charge < -0.3 is 4.74 Å². The van der Waals surface area contributed by atoms with Gasteiger partial charge in [0.15, 0.2) is 0 Å². The molecule has 1 saturated heterocycles. The fraction of sp³-hybridized carbons (Fsp3) is 1.00. The average Bonchev–Trinajstić information content (AvgIpc) is 2.14. The van der Waals surface area contributed by atoms with Gasteiger partial charge in [0.1, 0.15) is 9.92 Å². The van der Waals surface area contributed by atoms with Gasteiger partial charge in [-0.1, -0.05) is 0 Å². The van der Waals surface area contributed by atoms with E-state index in [9.17, 15) is 4.21 Å². The molecule has 0 amide bonds. The van der Waals surface area contributed by atoms with E-state index in [1.165, 1.54) is 6.26 Å². The van der Waals surface area contributed by atoms with Crippen LogP contribution in [0.5, 0.6) is 0 Å². The van der Waals surface area contributed by atoms with Crippen LogP contribution < -0.4 is 0 Å². The van der Waals surface area contributed by atoms with Crippen molar-refractivity contribution in [1.29, 1.82) is 4.78 Å². The molecule has 5 nitrogen and oxygen atoms in total. The third kappa shape index (κ3) is 3.53. The molecular formula is C8H19N3O2S. The fourth-order valence-electron chi connectivity index (χ4n) is 1.52. The minimum absolute atomic E-state index is 0.725. The van der Waals surface area contributed by atoms with Crippen LogP contribution in [0.4, 0.5) is 0 Å². The smallest absolute Gasteiger partial charge is 0.104 e. The Morgan fingerprint density at radius 3 is 2.36 bits per heavy atom. The average molecular weight is 221 g/mol. The molecule has 0 aromatic heterocycles. The third-order valence-corrected chi connectivity index (χ3v) is 3.79. The Kier molecular flexibility index (Phi) is 4.31. The van der Waals surface area contributed by atoms with Crippen molar-refractivity contribution in [3.63, 3.8) is 0 Å². The van der Waals surface area contributed by atoms with Crippen LogP contribution in [-0.4, -0.2) is 66.1 Å². The Hall–Kier alpha value is -0.170. The molecule has 1 rings (SSSR count). The van der Waals surface area contributed by atoms with Crippen LogP contribution in [0.25, 0.3) is 0 Å². The lowest BCUT2D eigenvalue weighted by atomic mass is 10.4. The zero-order valence-electron chi connectivity index (χ0n) is 8.86. The van der Waals surface area contributed by atoms with Gasteiger partial charge in [0, 0.05) is 46.1 Å². The van der Waals surface area contributed by atoms with Crippen LogP contribution in [-0.2, 0) is 14.7 Å². The first-order valence-electron chi connectivity index (χ1n) is 4.74. The minimum atomic E-state index is -2.49. The third-order valence-electron chi connectivity index (χ3n) is 2.44. The summed E-state index contributed by atoms with van der Waals surface area (Å²) in [5, 5.41) is 0. The maximum Gasteiger partial charge on any atom is 0.104 e. The first-order valence-corrected chi connectivity index (χ1v) is 6.66. The van der Waals surface area contributed by atoms with Gasteiger partial charge in [-0.25, -0.2) is 13.3 Å². The number of nitrogens with zero attached hydrogens (tertiary/aromatic N) is 2. The number of nitrogens with one attached hydrogen (secondary N) is 1. The Morgan fingerprint density at radius 1 is 1.36 bits per heavy atom. The minimum Gasteiger partial charge on any atom is -0.383 e. The molecule has 0 radical (unpaired) electrons. The summed E-state index contributed by atoms with van der Waals surface area (Å²) in [7, 11) is -0.801. The van der Waals surface area contributed by atoms with Gasteiger partial charge in [0.2, 0.25) is 0 Å². The number of hydrogen-bond donors (Lipinski definition) is 1. The number of hydrogen-bond acceptors (Lipinski definition) is 4. The molecule has 1 aliphatic rings. The van der Waals surface area contributed by atoms with Crippen LogP contribution in [0, 0.1) is 4.78 Å². The highest BCUT2D eigenvalue weighted by Crippen LogP contribution is 2.05. The summed E-state index contributed by atoms with van der Waals surface area (Å²) in [6.45, 7) is 4.88. The molecule has 1 unspecified atom stereocenters. The molecule has 6 heteroatoms.